The molecule has 124 valence electrons. The molecule has 0 spiro atoms. The van der Waals surface area contributed by atoms with E-state index in [9.17, 15) is 5.11 Å². The smallest absolute Gasteiger partial charge is 0.0610 e. The maximum Gasteiger partial charge on any atom is 0.0610 e. The molecule has 0 radical (unpaired) electrons. The topological polar surface area (TPSA) is 38.7 Å². The van der Waals surface area contributed by atoms with Crippen molar-refractivity contribution in [2.75, 3.05) is 45.9 Å². The lowest BCUT2D eigenvalue weighted by molar-refractivity contribution is 0.0925. The molecule has 1 heterocycles. The van der Waals surface area contributed by atoms with Crippen LogP contribution in [0, 0.1) is 0 Å². The number of hydrogen-bond donors (Lipinski definition) is 2. The SMILES string of the molecule is CCNC(C)(CO)CCCN1CCN(C2CCCC2)CC1. The third-order valence-electron chi connectivity index (χ3n) is 5.40. The molecule has 2 N–H and O–H groups in total. The molecule has 0 aromatic carbocycles. The first-order chi connectivity index (χ1) is 10.2. The molecular weight excluding hydrogens is 262 g/mol. The Morgan fingerprint density at radius 3 is 2.38 bits per heavy atom. The van der Waals surface area contributed by atoms with E-state index in [0.29, 0.717) is 0 Å². The molecule has 4 nitrogen and oxygen atoms in total. The lowest BCUT2D eigenvalue weighted by atomic mass is 9.96. The first-order valence-corrected chi connectivity index (χ1v) is 8.99. The number of rotatable bonds is 8. The molecular formula is C17H35N3O. The van der Waals surface area contributed by atoms with Gasteiger partial charge in [-0.3, -0.25) is 4.90 Å². The average Bonchev–Trinajstić information content (AvgIpc) is 3.02. The maximum absolute atomic E-state index is 9.53. The van der Waals surface area contributed by atoms with Crippen LogP contribution in [0.25, 0.3) is 0 Å². The second kappa shape index (κ2) is 8.47. The van der Waals surface area contributed by atoms with Crippen LogP contribution < -0.4 is 5.32 Å². The highest BCUT2D eigenvalue weighted by Crippen LogP contribution is 2.24. The summed E-state index contributed by atoms with van der Waals surface area (Å²) < 4.78 is 0. The van der Waals surface area contributed by atoms with Gasteiger partial charge >= 0.3 is 0 Å². The molecule has 1 atom stereocenters. The van der Waals surface area contributed by atoms with Gasteiger partial charge < -0.3 is 15.3 Å². The van der Waals surface area contributed by atoms with E-state index in [-0.39, 0.29) is 12.1 Å². The van der Waals surface area contributed by atoms with Crippen molar-refractivity contribution >= 4 is 0 Å². The minimum absolute atomic E-state index is 0.0968. The number of nitrogens with zero attached hydrogens (tertiary/aromatic N) is 2. The van der Waals surface area contributed by atoms with Crippen LogP contribution in [0.2, 0.25) is 0 Å². The Morgan fingerprint density at radius 1 is 1.14 bits per heavy atom. The van der Waals surface area contributed by atoms with E-state index in [1.807, 2.05) is 0 Å². The summed E-state index contributed by atoms with van der Waals surface area (Å²) in [6.45, 7) is 11.6. The van der Waals surface area contributed by atoms with Gasteiger partial charge in [0.15, 0.2) is 0 Å². The number of nitrogens with one attached hydrogen (secondary N) is 1. The molecule has 0 amide bonds. The molecule has 2 fully saturated rings. The predicted octanol–water partition coefficient (Wildman–Crippen LogP) is 1.69. The molecule has 4 heteroatoms. The molecule has 2 aliphatic rings. The van der Waals surface area contributed by atoms with Crippen LogP contribution in [0.5, 0.6) is 0 Å². The van der Waals surface area contributed by atoms with Crippen molar-refractivity contribution in [3.8, 4) is 0 Å². The van der Waals surface area contributed by atoms with Crippen LogP contribution in [-0.4, -0.2) is 72.4 Å². The average molecular weight is 297 g/mol. The summed E-state index contributed by atoms with van der Waals surface area (Å²) in [5, 5.41) is 12.9. The summed E-state index contributed by atoms with van der Waals surface area (Å²) in [5.41, 5.74) is -0.0968. The minimum Gasteiger partial charge on any atom is -0.394 e. The second-order valence-corrected chi connectivity index (χ2v) is 7.17. The maximum atomic E-state index is 9.53. The van der Waals surface area contributed by atoms with E-state index >= 15 is 0 Å². The van der Waals surface area contributed by atoms with Crippen molar-refractivity contribution in [3.05, 3.63) is 0 Å². The van der Waals surface area contributed by atoms with Crippen LogP contribution in [0.3, 0.4) is 0 Å². The summed E-state index contributed by atoms with van der Waals surface area (Å²) in [4.78, 5) is 5.33. The molecule has 1 saturated heterocycles. The van der Waals surface area contributed by atoms with Crippen molar-refractivity contribution in [2.24, 2.45) is 0 Å². The van der Waals surface area contributed by atoms with Crippen LogP contribution >= 0.6 is 0 Å². The van der Waals surface area contributed by atoms with Crippen LogP contribution in [0.4, 0.5) is 0 Å². The summed E-state index contributed by atoms with van der Waals surface area (Å²) in [5.74, 6) is 0. The normalized spacial score (nSPS) is 25.3. The Morgan fingerprint density at radius 2 is 1.81 bits per heavy atom. The van der Waals surface area contributed by atoms with E-state index in [0.717, 1.165) is 19.0 Å². The Labute approximate surface area is 130 Å². The van der Waals surface area contributed by atoms with Gasteiger partial charge in [-0.15, -0.1) is 0 Å². The number of aliphatic hydroxyl groups excluding tert-OH is 1. The fourth-order valence-corrected chi connectivity index (χ4v) is 3.96. The Bertz CT molecular complexity index is 286. The van der Waals surface area contributed by atoms with Crippen molar-refractivity contribution in [2.45, 2.75) is 64.0 Å². The quantitative estimate of drug-likeness (QED) is 0.715. The molecule has 1 aliphatic heterocycles. The molecule has 0 aromatic rings. The molecule has 2 rings (SSSR count). The zero-order chi connectivity index (χ0) is 15.1. The highest BCUT2D eigenvalue weighted by atomic mass is 16.3. The van der Waals surface area contributed by atoms with E-state index in [4.69, 9.17) is 0 Å². The number of aliphatic hydroxyl groups is 1. The molecule has 0 bridgehead atoms. The minimum atomic E-state index is -0.0968. The molecule has 1 aliphatic carbocycles. The van der Waals surface area contributed by atoms with E-state index in [1.54, 1.807) is 0 Å². The molecule has 1 saturated carbocycles. The molecule has 21 heavy (non-hydrogen) atoms. The zero-order valence-corrected chi connectivity index (χ0v) is 14.1. The van der Waals surface area contributed by atoms with Crippen molar-refractivity contribution in [3.63, 3.8) is 0 Å². The predicted molar refractivity (Wildman–Crippen MR) is 88.7 cm³/mol. The van der Waals surface area contributed by atoms with Gasteiger partial charge in [0.1, 0.15) is 0 Å². The van der Waals surface area contributed by atoms with Crippen molar-refractivity contribution in [1.29, 1.82) is 0 Å². The van der Waals surface area contributed by atoms with Gasteiger partial charge in [-0.1, -0.05) is 19.8 Å². The Kier molecular flexibility index (Phi) is 6.93. The fourth-order valence-electron chi connectivity index (χ4n) is 3.96. The van der Waals surface area contributed by atoms with Crippen LogP contribution in [-0.2, 0) is 0 Å². The van der Waals surface area contributed by atoms with E-state index in [2.05, 4.69) is 29.0 Å². The highest BCUT2D eigenvalue weighted by molar-refractivity contribution is 4.84. The zero-order valence-electron chi connectivity index (χ0n) is 14.1. The number of piperazine rings is 1. The largest absolute Gasteiger partial charge is 0.394 e. The second-order valence-electron chi connectivity index (χ2n) is 7.17. The number of likely N-dealkylation sites (N-methyl/N-ethyl adjacent to an activating group) is 1. The highest BCUT2D eigenvalue weighted by Gasteiger charge is 2.26. The Balaban J connectivity index is 1.62. The first kappa shape index (κ1) is 17.2. The first-order valence-electron chi connectivity index (χ1n) is 8.99. The fraction of sp³-hybridized carbons (Fsp3) is 1.00. The van der Waals surface area contributed by atoms with Crippen molar-refractivity contribution in [1.82, 2.24) is 15.1 Å². The van der Waals surface area contributed by atoms with Gasteiger partial charge in [-0.2, -0.15) is 0 Å². The Hall–Kier alpha value is -0.160. The summed E-state index contributed by atoms with van der Waals surface area (Å²) in [6.07, 6.45) is 7.97. The van der Waals surface area contributed by atoms with E-state index < -0.39 is 0 Å². The van der Waals surface area contributed by atoms with Crippen LogP contribution in [0.15, 0.2) is 0 Å². The van der Waals surface area contributed by atoms with Crippen molar-refractivity contribution < 1.29 is 5.11 Å². The van der Waals surface area contributed by atoms with Gasteiger partial charge in [0.2, 0.25) is 0 Å². The summed E-state index contributed by atoms with van der Waals surface area (Å²) >= 11 is 0. The van der Waals surface area contributed by atoms with Gasteiger partial charge in [0.05, 0.1) is 6.61 Å². The van der Waals surface area contributed by atoms with Gasteiger partial charge in [0, 0.05) is 37.8 Å². The standard InChI is InChI=1S/C17H35N3O/c1-3-18-17(2,15-21)9-6-10-19-11-13-20(14-12-19)16-7-4-5-8-16/h16,18,21H,3-15H2,1-2H3. The third-order valence-corrected chi connectivity index (χ3v) is 5.40. The lowest BCUT2D eigenvalue weighted by Gasteiger charge is -2.38. The molecule has 0 aromatic heterocycles. The van der Waals surface area contributed by atoms with Gasteiger partial charge in [-0.05, 0) is 45.7 Å². The summed E-state index contributed by atoms with van der Waals surface area (Å²) in [7, 11) is 0. The third kappa shape index (κ3) is 5.20. The van der Waals surface area contributed by atoms with Crippen LogP contribution in [0.1, 0.15) is 52.4 Å². The lowest BCUT2D eigenvalue weighted by Crippen LogP contribution is -2.50. The summed E-state index contributed by atoms with van der Waals surface area (Å²) in [6, 6.07) is 0.888. The molecule has 1 unspecified atom stereocenters. The monoisotopic (exact) mass is 297 g/mol. The number of hydrogen-bond acceptors (Lipinski definition) is 4. The van der Waals surface area contributed by atoms with E-state index in [1.165, 1.54) is 64.8 Å². The van der Waals surface area contributed by atoms with Gasteiger partial charge in [0.25, 0.3) is 0 Å². The van der Waals surface area contributed by atoms with Gasteiger partial charge in [-0.25, -0.2) is 0 Å².